The molecular weight excluding hydrogens is 394 g/mol. The number of ether oxygens (including phenoxy) is 1. The van der Waals surface area contributed by atoms with E-state index in [0.717, 1.165) is 29.7 Å². The highest BCUT2D eigenvalue weighted by Crippen LogP contribution is 2.40. The molecule has 0 amide bonds. The molecule has 3 rings (SSSR count). The third-order valence-corrected chi connectivity index (χ3v) is 6.12. The molecule has 0 saturated carbocycles. The molecule has 3 aromatic rings. The predicted molar refractivity (Wildman–Crippen MR) is 134 cm³/mol. The topological polar surface area (TPSA) is 31.2 Å². The summed E-state index contributed by atoms with van der Waals surface area (Å²) in [6.07, 6.45) is 7.87. The fourth-order valence-electron chi connectivity index (χ4n) is 4.50. The van der Waals surface area contributed by atoms with Crippen molar-refractivity contribution in [1.82, 2.24) is 4.57 Å². The summed E-state index contributed by atoms with van der Waals surface area (Å²) in [5.41, 5.74) is 6.96. The van der Waals surface area contributed by atoms with Gasteiger partial charge in [-0.15, -0.1) is 0 Å². The standard InChI is InChI=1S/C29H37NO2/c1-4-6-7-8-9-16-21-30-23(3)26(22-27(31)32-5-2)28(24-17-12-10-13-18-24)29(30)25-19-14-11-15-20-25/h10-15,17-20H,4-9,16,21-22H2,1-3H3. The molecule has 3 nitrogen and oxygen atoms in total. The Morgan fingerprint density at radius 2 is 1.41 bits per heavy atom. The van der Waals surface area contributed by atoms with Crippen LogP contribution in [0.2, 0.25) is 0 Å². The second-order valence-electron chi connectivity index (χ2n) is 8.42. The molecule has 1 aromatic heterocycles. The summed E-state index contributed by atoms with van der Waals surface area (Å²) >= 11 is 0. The Balaban J connectivity index is 2.06. The van der Waals surface area contributed by atoms with Crippen LogP contribution in [0, 0.1) is 6.92 Å². The van der Waals surface area contributed by atoms with Crippen molar-refractivity contribution in [3.05, 3.63) is 71.9 Å². The van der Waals surface area contributed by atoms with Crippen LogP contribution in [0.25, 0.3) is 22.4 Å². The van der Waals surface area contributed by atoms with Crippen molar-refractivity contribution in [3.8, 4) is 22.4 Å². The molecule has 0 spiro atoms. The van der Waals surface area contributed by atoms with E-state index in [1.54, 1.807) is 0 Å². The summed E-state index contributed by atoms with van der Waals surface area (Å²) in [5, 5.41) is 0. The molecule has 0 unspecified atom stereocenters. The van der Waals surface area contributed by atoms with E-state index in [-0.39, 0.29) is 5.97 Å². The Hall–Kier alpha value is -2.81. The molecule has 0 atom stereocenters. The third kappa shape index (κ3) is 5.91. The zero-order valence-corrected chi connectivity index (χ0v) is 19.9. The van der Waals surface area contributed by atoms with Crippen LogP contribution in [-0.2, 0) is 22.5 Å². The van der Waals surface area contributed by atoms with Crippen LogP contribution in [0.3, 0.4) is 0 Å². The molecule has 0 aliphatic heterocycles. The van der Waals surface area contributed by atoms with Crippen LogP contribution in [0.4, 0.5) is 0 Å². The lowest BCUT2D eigenvalue weighted by Gasteiger charge is -2.14. The number of carbonyl (C=O) groups excluding carboxylic acids is 1. The van der Waals surface area contributed by atoms with Crippen LogP contribution < -0.4 is 0 Å². The summed E-state index contributed by atoms with van der Waals surface area (Å²) in [5.74, 6) is -0.163. The highest BCUT2D eigenvalue weighted by Gasteiger charge is 2.24. The second kappa shape index (κ2) is 12.3. The van der Waals surface area contributed by atoms with Crippen LogP contribution in [0.5, 0.6) is 0 Å². The molecule has 0 radical (unpaired) electrons. The lowest BCUT2D eigenvalue weighted by atomic mass is 9.95. The van der Waals surface area contributed by atoms with E-state index in [1.807, 2.05) is 13.0 Å². The minimum Gasteiger partial charge on any atom is -0.466 e. The van der Waals surface area contributed by atoms with Gasteiger partial charge in [-0.2, -0.15) is 0 Å². The molecule has 0 aliphatic carbocycles. The number of hydrogen-bond donors (Lipinski definition) is 0. The average Bonchev–Trinajstić information content (AvgIpc) is 3.09. The summed E-state index contributed by atoms with van der Waals surface area (Å²) in [6.45, 7) is 7.64. The Morgan fingerprint density at radius 3 is 2.03 bits per heavy atom. The zero-order valence-electron chi connectivity index (χ0n) is 19.9. The third-order valence-electron chi connectivity index (χ3n) is 6.12. The molecule has 0 N–H and O–H groups in total. The summed E-state index contributed by atoms with van der Waals surface area (Å²) in [7, 11) is 0. The second-order valence-corrected chi connectivity index (χ2v) is 8.42. The Labute approximate surface area is 193 Å². The van der Waals surface area contributed by atoms with E-state index in [4.69, 9.17) is 4.74 Å². The van der Waals surface area contributed by atoms with E-state index in [1.165, 1.54) is 49.1 Å². The van der Waals surface area contributed by atoms with Gasteiger partial charge < -0.3 is 9.30 Å². The minimum absolute atomic E-state index is 0.163. The van der Waals surface area contributed by atoms with Crippen molar-refractivity contribution in [2.24, 2.45) is 0 Å². The number of benzene rings is 2. The van der Waals surface area contributed by atoms with Gasteiger partial charge in [0, 0.05) is 17.8 Å². The van der Waals surface area contributed by atoms with Gasteiger partial charge in [0.2, 0.25) is 0 Å². The van der Waals surface area contributed by atoms with E-state index < -0.39 is 0 Å². The maximum absolute atomic E-state index is 12.5. The maximum atomic E-state index is 12.5. The molecule has 2 aromatic carbocycles. The Kier molecular flexibility index (Phi) is 9.15. The first-order valence-electron chi connectivity index (χ1n) is 12.2. The molecule has 0 fully saturated rings. The van der Waals surface area contributed by atoms with Gasteiger partial charge in [0.25, 0.3) is 0 Å². The summed E-state index contributed by atoms with van der Waals surface area (Å²) < 4.78 is 7.77. The van der Waals surface area contributed by atoms with E-state index in [9.17, 15) is 4.79 Å². The summed E-state index contributed by atoms with van der Waals surface area (Å²) in [4.78, 5) is 12.5. The molecule has 3 heteroatoms. The van der Waals surface area contributed by atoms with Gasteiger partial charge in [0.05, 0.1) is 18.7 Å². The number of aromatic nitrogens is 1. The average molecular weight is 432 g/mol. The van der Waals surface area contributed by atoms with Gasteiger partial charge >= 0.3 is 5.97 Å². The Bertz CT molecular complexity index is 973. The monoisotopic (exact) mass is 431 g/mol. The number of nitrogens with zero attached hydrogens (tertiary/aromatic N) is 1. The predicted octanol–water partition coefficient (Wildman–Crippen LogP) is 7.60. The lowest BCUT2D eigenvalue weighted by molar-refractivity contribution is -0.142. The molecule has 32 heavy (non-hydrogen) atoms. The van der Waals surface area contributed by atoms with E-state index in [2.05, 4.69) is 73.0 Å². The van der Waals surface area contributed by atoms with Crippen LogP contribution in [0.15, 0.2) is 60.7 Å². The first-order chi connectivity index (χ1) is 15.7. The molecule has 1 heterocycles. The number of esters is 1. The minimum atomic E-state index is -0.163. The fraction of sp³-hybridized carbons (Fsp3) is 0.414. The number of rotatable bonds is 12. The molecular formula is C29H37NO2. The fourth-order valence-corrected chi connectivity index (χ4v) is 4.50. The molecule has 0 saturated heterocycles. The molecule has 170 valence electrons. The van der Waals surface area contributed by atoms with E-state index in [0.29, 0.717) is 13.0 Å². The quantitative estimate of drug-likeness (QED) is 0.218. The first-order valence-corrected chi connectivity index (χ1v) is 12.2. The lowest BCUT2D eigenvalue weighted by Crippen LogP contribution is -2.09. The molecule has 0 aliphatic rings. The van der Waals surface area contributed by atoms with Crippen LogP contribution >= 0.6 is 0 Å². The van der Waals surface area contributed by atoms with Gasteiger partial charge in [-0.05, 0) is 37.0 Å². The SMILES string of the molecule is CCCCCCCCn1c(C)c(CC(=O)OCC)c(-c2ccccc2)c1-c1ccccc1. The van der Waals surface area contributed by atoms with Gasteiger partial charge in [-0.25, -0.2) is 0 Å². The van der Waals surface area contributed by atoms with Crippen molar-refractivity contribution < 1.29 is 9.53 Å². The normalized spacial score (nSPS) is 11.0. The number of carbonyl (C=O) groups is 1. The van der Waals surface area contributed by atoms with Crippen molar-refractivity contribution in [3.63, 3.8) is 0 Å². The molecule has 0 bridgehead atoms. The number of hydrogen-bond acceptors (Lipinski definition) is 2. The first kappa shape index (κ1) is 23.8. The highest BCUT2D eigenvalue weighted by atomic mass is 16.5. The number of unbranched alkanes of at least 4 members (excludes halogenated alkanes) is 5. The smallest absolute Gasteiger partial charge is 0.310 e. The van der Waals surface area contributed by atoms with Crippen molar-refractivity contribution in [2.75, 3.05) is 6.61 Å². The zero-order chi connectivity index (χ0) is 22.8. The largest absolute Gasteiger partial charge is 0.466 e. The van der Waals surface area contributed by atoms with E-state index >= 15 is 0 Å². The van der Waals surface area contributed by atoms with Crippen molar-refractivity contribution in [2.45, 2.75) is 72.3 Å². The van der Waals surface area contributed by atoms with Crippen LogP contribution in [0.1, 0.15) is 63.6 Å². The van der Waals surface area contributed by atoms with Gasteiger partial charge in [0.15, 0.2) is 0 Å². The van der Waals surface area contributed by atoms with Crippen molar-refractivity contribution >= 4 is 5.97 Å². The summed E-state index contributed by atoms with van der Waals surface area (Å²) in [6, 6.07) is 21.0. The maximum Gasteiger partial charge on any atom is 0.310 e. The van der Waals surface area contributed by atoms with Gasteiger partial charge in [0.1, 0.15) is 0 Å². The Morgan fingerprint density at radius 1 is 0.812 bits per heavy atom. The van der Waals surface area contributed by atoms with Crippen LogP contribution in [-0.4, -0.2) is 17.1 Å². The van der Waals surface area contributed by atoms with Gasteiger partial charge in [-0.1, -0.05) is 99.7 Å². The van der Waals surface area contributed by atoms with Gasteiger partial charge in [-0.3, -0.25) is 4.79 Å². The highest BCUT2D eigenvalue weighted by molar-refractivity contribution is 5.88. The van der Waals surface area contributed by atoms with Crippen molar-refractivity contribution in [1.29, 1.82) is 0 Å².